The van der Waals surface area contributed by atoms with Gasteiger partial charge in [-0.2, -0.15) is 0 Å². The molecular formula is C15H20FNO. The van der Waals surface area contributed by atoms with Crippen molar-refractivity contribution in [3.05, 3.63) is 34.6 Å². The number of aryl methyl sites for hydroxylation is 2. The van der Waals surface area contributed by atoms with Crippen LogP contribution >= 0.6 is 0 Å². The average molecular weight is 249 g/mol. The molecule has 1 saturated carbocycles. The van der Waals surface area contributed by atoms with Crippen molar-refractivity contribution >= 4 is 5.91 Å². The Bertz CT molecular complexity index is 450. The summed E-state index contributed by atoms with van der Waals surface area (Å²) in [5, 5.41) is 2.97. The summed E-state index contributed by atoms with van der Waals surface area (Å²) in [6, 6.07) is 3.72. The molecule has 1 aromatic carbocycles. The van der Waals surface area contributed by atoms with Crippen LogP contribution in [0.15, 0.2) is 12.1 Å². The molecule has 0 atom stereocenters. The maximum absolute atomic E-state index is 14.0. The zero-order valence-corrected chi connectivity index (χ0v) is 11.1. The van der Waals surface area contributed by atoms with Crippen molar-refractivity contribution in [2.45, 2.75) is 52.0 Å². The minimum Gasteiger partial charge on any atom is -0.349 e. The van der Waals surface area contributed by atoms with E-state index in [-0.39, 0.29) is 23.3 Å². The molecule has 2 nitrogen and oxygen atoms in total. The summed E-state index contributed by atoms with van der Waals surface area (Å²) < 4.78 is 14.0. The number of benzene rings is 1. The SMILES string of the molecule is Cc1ccc(C)c(C(=O)NC2CCCCC2)c1F. The fourth-order valence-electron chi connectivity index (χ4n) is 2.56. The number of nitrogens with one attached hydrogen (secondary N) is 1. The standard InChI is InChI=1S/C15H20FNO/c1-10-8-9-11(2)14(16)13(10)15(18)17-12-6-4-3-5-7-12/h8-9,12H,3-7H2,1-2H3,(H,17,18). The first-order valence-corrected chi connectivity index (χ1v) is 6.66. The van der Waals surface area contributed by atoms with Crippen molar-refractivity contribution in [2.24, 2.45) is 0 Å². The number of carbonyl (C=O) groups excluding carboxylic acids is 1. The first kappa shape index (κ1) is 13.1. The van der Waals surface area contributed by atoms with Crippen molar-refractivity contribution in [3.8, 4) is 0 Å². The second-order valence-electron chi connectivity index (χ2n) is 5.20. The van der Waals surface area contributed by atoms with Crippen LogP contribution in [-0.4, -0.2) is 11.9 Å². The molecule has 98 valence electrons. The van der Waals surface area contributed by atoms with Crippen LogP contribution in [0, 0.1) is 19.7 Å². The monoisotopic (exact) mass is 249 g/mol. The Morgan fingerprint density at radius 2 is 1.78 bits per heavy atom. The largest absolute Gasteiger partial charge is 0.349 e. The Morgan fingerprint density at radius 1 is 1.17 bits per heavy atom. The number of hydrogen-bond donors (Lipinski definition) is 1. The Hall–Kier alpha value is -1.38. The summed E-state index contributed by atoms with van der Waals surface area (Å²) >= 11 is 0. The van der Waals surface area contributed by atoms with Gasteiger partial charge in [-0.15, -0.1) is 0 Å². The van der Waals surface area contributed by atoms with Crippen LogP contribution in [0.1, 0.15) is 53.6 Å². The van der Waals surface area contributed by atoms with E-state index >= 15 is 0 Å². The summed E-state index contributed by atoms with van der Waals surface area (Å²) in [7, 11) is 0. The van der Waals surface area contributed by atoms with Crippen LogP contribution in [0.25, 0.3) is 0 Å². The van der Waals surface area contributed by atoms with E-state index in [1.165, 1.54) is 6.42 Å². The topological polar surface area (TPSA) is 29.1 Å². The van der Waals surface area contributed by atoms with E-state index in [1.807, 2.05) is 0 Å². The Kier molecular flexibility index (Phi) is 4.00. The van der Waals surface area contributed by atoms with Crippen LogP contribution in [-0.2, 0) is 0 Å². The molecule has 0 saturated heterocycles. The molecule has 1 aliphatic rings. The smallest absolute Gasteiger partial charge is 0.254 e. The van der Waals surface area contributed by atoms with Crippen molar-refractivity contribution in [1.29, 1.82) is 0 Å². The maximum atomic E-state index is 14.0. The minimum atomic E-state index is -0.386. The molecule has 0 aliphatic heterocycles. The average Bonchev–Trinajstić information content (AvgIpc) is 2.36. The molecule has 0 heterocycles. The van der Waals surface area contributed by atoms with Gasteiger partial charge in [0.05, 0.1) is 5.56 Å². The zero-order valence-electron chi connectivity index (χ0n) is 11.1. The number of amides is 1. The van der Waals surface area contributed by atoms with Crippen molar-refractivity contribution < 1.29 is 9.18 Å². The number of hydrogen-bond acceptors (Lipinski definition) is 1. The highest BCUT2D eigenvalue weighted by Gasteiger charge is 2.21. The van der Waals surface area contributed by atoms with E-state index in [0.717, 1.165) is 25.7 Å². The molecular weight excluding hydrogens is 229 g/mol. The molecule has 0 radical (unpaired) electrons. The van der Waals surface area contributed by atoms with Gasteiger partial charge < -0.3 is 5.32 Å². The maximum Gasteiger partial charge on any atom is 0.254 e. The molecule has 0 spiro atoms. The molecule has 1 fully saturated rings. The van der Waals surface area contributed by atoms with Gasteiger partial charge in [-0.1, -0.05) is 31.4 Å². The molecule has 1 aliphatic carbocycles. The van der Waals surface area contributed by atoms with Crippen LogP contribution in [0.5, 0.6) is 0 Å². The molecule has 0 unspecified atom stereocenters. The Balaban J connectivity index is 2.15. The minimum absolute atomic E-state index is 0.209. The Morgan fingerprint density at radius 3 is 2.44 bits per heavy atom. The number of halogens is 1. The van der Waals surface area contributed by atoms with Gasteiger partial charge in [0.15, 0.2) is 0 Å². The molecule has 0 aromatic heterocycles. The van der Waals surface area contributed by atoms with Gasteiger partial charge in [-0.25, -0.2) is 4.39 Å². The molecule has 3 heteroatoms. The molecule has 0 bridgehead atoms. The molecule has 1 amide bonds. The molecule has 1 N–H and O–H groups in total. The van der Waals surface area contributed by atoms with Crippen LogP contribution in [0.2, 0.25) is 0 Å². The second-order valence-corrected chi connectivity index (χ2v) is 5.20. The van der Waals surface area contributed by atoms with Crippen molar-refractivity contribution in [3.63, 3.8) is 0 Å². The Labute approximate surface area is 108 Å². The quantitative estimate of drug-likeness (QED) is 0.854. The molecule has 2 rings (SSSR count). The first-order valence-electron chi connectivity index (χ1n) is 6.66. The van der Waals surface area contributed by atoms with Crippen LogP contribution in [0.4, 0.5) is 4.39 Å². The third kappa shape index (κ3) is 2.71. The predicted molar refractivity (Wildman–Crippen MR) is 70.2 cm³/mol. The zero-order chi connectivity index (χ0) is 13.1. The number of carbonyl (C=O) groups is 1. The van der Waals surface area contributed by atoms with Gasteiger partial charge in [-0.05, 0) is 37.8 Å². The van der Waals surface area contributed by atoms with Crippen molar-refractivity contribution in [2.75, 3.05) is 0 Å². The summed E-state index contributed by atoms with van der Waals surface area (Å²) in [5.74, 6) is -0.649. The lowest BCUT2D eigenvalue weighted by Gasteiger charge is -2.23. The van der Waals surface area contributed by atoms with E-state index in [9.17, 15) is 9.18 Å². The number of rotatable bonds is 2. The van der Waals surface area contributed by atoms with Gasteiger partial charge in [-0.3, -0.25) is 4.79 Å². The van der Waals surface area contributed by atoms with E-state index in [0.29, 0.717) is 11.1 Å². The molecule has 1 aromatic rings. The highest BCUT2D eigenvalue weighted by molar-refractivity contribution is 5.96. The van der Waals surface area contributed by atoms with E-state index in [2.05, 4.69) is 5.32 Å². The fraction of sp³-hybridized carbons (Fsp3) is 0.533. The highest BCUT2D eigenvalue weighted by atomic mass is 19.1. The van der Waals surface area contributed by atoms with Crippen LogP contribution < -0.4 is 5.32 Å². The second kappa shape index (κ2) is 5.51. The highest BCUT2D eigenvalue weighted by Crippen LogP contribution is 2.20. The third-order valence-electron chi connectivity index (χ3n) is 3.71. The first-order chi connectivity index (χ1) is 8.59. The van der Waals surface area contributed by atoms with E-state index in [4.69, 9.17) is 0 Å². The van der Waals surface area contributed by atoms with Gasteiger partial charge in [0, 0.05) is 6.04 Å². The lowest BCUT2D eigenvalue weighted by Crippen LogP contribution is -2.37. The fourth-order valence-corrected chi connectivity index (χ4v) is 2.56. The normalized spacial score (nSPS) is 16.6. The van der Waals surface area contributed by atoms with Crippen molar-refractivity contribution in [1.82, 2.24) is 5.32 Å². The van der Waals surface area contributed by atoms with Gasteiger partial charge >= 0.3 is 0 Å². The molecule has 18 heavy (non-hydrogen) atoms. The summed E-state index contributed by atoms with van der Waals surface area (Å²) in [6.45, 7) is 3.46. The third-order valence-corrected chi connectivity index (χ3v) is 3.71. The lowest BCUT2D eigenvalue weighted by atomic mass is 9.95. The van der Waals surface area contributed by atoms with E-state index in [1.54, 1.807) is 26.0 Å². The summed E-state index contributed by atoms with van der Waals surface area (Å²) in [6.07, 6.45) is 5.57. The lowest BCUT2D eigenvalue weighted by molar-refractivity contribution is 0.0923. The van der Waals surface area contributed by atoms with E-state index < -0.39 is 0 Å². The predicted octanol–water partition coefficient (Wildman–Crippen LogP) is 3.51. The van der Waals surface area contributed by atoms with Crippen LogP contribution in [0.3, 0.4) is 0 Å². The van der Waals surface area contributed by atoms with Gasteiger partial charge in [0.1, 0.15) is 5.82 Å². The summed E-state index contributed by atoms with van der Waals surface area (Å²) in [4.78, 5) is 12.2. The van der Waals surface area contributed by atoms with Gasteiger partial charge in [0.25, 0.3) is 5.91 Å². The summed E-state index contributed by atoms with van der Waals surface area (Å²) in [5.41, 5.74) is 1.43. The van der Waals surface area contributed by atoms with Gasteiger partial charge in [0.2, 0.25) is 0 Å².